The minimum Gasteiger partial charge on any atom is -0.464 e. The molecule has 128 valence electrons. The summed E-state index contributed by atoms with van der Waals surface area (Å²) in [5.74, 6) is -0.872. The fraction of sp³-hybridized carbons (Fsp3) is 0.412. The van der Waals surface area contributed by atoms with Crippen molar-refractivity contribution in [2.45, 2.75) is 19.4 Å². The second-order valence-electron chi connectivity index (χ2n) is 5.63. The average Bonchev–Trinajstić information content (AvgIpc) is 2.97. The fourth-order valence-corrected chi connectivity index (χ4v) is 2.83. The van der Waals surface area contributed by atoms with Crippen molar-refractivity contribution in [1.82, 2.24) is 9.88 Å². The SMILES string of the molecule is CCOC(=O)[C@@H]1CN(C(=O)Cc2c[nH]c3cc(F)ccc23)CCO1. The fourth-order valence-electron chi connectivity index (χ4n) is 2.83. The lowest BCUT2D eigenvalue weighted by Crippen LogP contribution is -2.49. The van der Waals surface area contributed by atoms with Gasteiger partial charge in [0.2, 0.25) is 5.91 Å². The molecule has 2 aromatic rings. The molecule has 2 heterocycles. The number of carbonyl (C=O) groups is 2. The number of rotatable bonds is 4. The van der Waals surface area contributed by atoms with Crippen LogP contribution < -0.4 is 0 Å². The highest BCUT2D eigenvalue weighted by Crippen LogP contribution is 2.20. The summed E-state index contributed by atoms with van der Waals surface area (Å²) in [4.78, 5) is 28.9. The Balaban J connectivity index is 1.68. The van der Waals surface area contributed by atoms with E-state index in [2.05, 4.69) is 4.98 Å². The highest BCUT2D eigenvalue weighted by atomic mass is 19.1. The van der Waals surface area contributed by atoms with Crippen molar-refractivity contribution in [3.63, 3.8) is 0 Å². The van der Waals surface area contributed by atoms with Crippen LogP contribution in [0.15, 0.2) is 24.4 Å². The number of ether oxygens (including phenoxy) is 2. The predicted molar refractivity (Wildman–Crippen MR) is 84.9 cm³/mol. The number of morpholine rings is 1. The van der Waals surface area contributed by atoms with E-state index in [1.807, 2.05) is 0 Å². The van der Waals surface area contributed by atoms with Crippen LogP contribution in [0.5, 0.6) is 0 Å². The summed E-state index contributed by atoms with van der Waals surface area (Å²) < 4.78 is 23.5. The number of halogens is 1. The molecule has 1 atom stereocenters. The molecule has 1 fully saturated rings. The maximum absolute atomic E-state index is 13.2. The average molecular weight is 334 g/mol. The van der Waals surface area contributed by atoms with Crippen molar-refractivity contribution >= 4 is 22.8 Å². The van der Waals surface area contributed by atoms with Crippen molar-refractivity contribution in [1.29, 1.82) is 0 Å². The Kier molecular flexibility index (Phi) is 4.80. The third kappa shape index (κ3) is 3.41. The molecular formula is C17H19FN2O4. The van der Waals surface area contributed by atoms with Gasteiger partial charge in [-0.3, -0.25) is 4.79 Å². The number of amides is 1. The molecule has 0 radical (unpaired) electrons. The first kappa shape index (κ1) is 16.4. The van der Waals surface area contributed by atoms with Crippen LogP contribution in [0.4, 0.5) is 4.39 Å². The van der Waals surface area contributed by atoms with Crippen LogP contribution in [0.3, 0.4) is 0 Å². The number of hydrogen-bond donors (Lipinski definition) is 1. The zero-order chi connectivity index (χ0) is 17.1. The highest BCUT2D eigenvalue weighted by Gasteiger charge is 2.30. The van der Waals surface area contributed by atoms with Crippen molar-refractivity contribution in [3.8, 4) is 0 Å². The lowest BCUT2D eigenvalue weighted by atomic mass is 10.1. The molecule has 24 heavy (non-hydrogen) atoms. The van der Waals surface area contributed by atoms with Gasteiger partial charge in [-0.2, -0.15) is 0 Å². The zero-order valence-electron chi connectivity index (χ0n) is 13.4. The molecule has 0 bridgehead atoms. The number of nitrogens with zero attached hydrogens (tertiary/aromatic N) is 1. The minimum absolute atomic E-state index is 0.0992. The number of aromatic amines is 1. The molecule has 0 unspecified atom stereocenters. The Labute approximate surface area is 138 Å². The van der Waals surface area contributed by atoms with Crippen molar-refractivity contribution in [2.75, 3.05) is 26.3 Å². The Morgan fingerprint density at radius 1 is 1.46 bits per heavy atom. The molecule has 6 nitrogen and oxygen atoms in total. The van der Waals surface area contributed by atoms with E-state index in [4.69, 9.17) is 9.47 Å². The van der Waals surface area contributed by atoms with Crippen LogP contribution in [0.1, 0.15) is 12.5 Å². The van der Waals surface area contributed by atoms with Gasteiger partial charge in [-0.25, -0.2) is 9.18 Å². The van der Waals surface area contributed by atoms with Gasteiger partial charge in [0, 0.05) is 23.6 Å². The molecule has 1 aliphatic heterocycles. The summed E-state index contributed by atoms with van der Waals surface area (Å²) in [7, 11) is 0. The van der Waals surface area contributed by atoms with E-state index in [0.717, 1.165) is 10.9 Å². The topological polar surface area (TPSA) is 71.6 Å². The Morgan fingerprint density at radius 3 is 3.08 bits per heavy atom. The number of benzene rings is 1. The quantitative estimate of drug-likeness (QED) is 0.863. The first-order chi connectivity index (χ1) is 11.6. The number of hydrogen-bond acceptors (Lipinski definition) is 4. The lowest BCUT2D eigenvalue weighted by molar-refractivity contribution is -0.164. The third-order valence-electron chi connectivity index (χ3n) is 4.04. The van der Waals surface area contributed by atoms with Gasteiger partial charge >= 0.3 is 5.97 Å². The second-order valence-corrected chi connectivity index (χ2v) is 5.63. The Hall–Kier alpha value is -2.41. The van der Waals surface area contributed by atoms with Gasteiger partial charge in [0.25, 0.3) is 0 Å². The van der Waals surface area contributed by atoms with Crippen LogP contribution in [0.25, 0.3) is 10.9 Å². The molecule has 0 aliphatic carbocycles. The van der Waals surface area contributed by atoms with E-state index in [0.29, 0.717) is 18.7 Å². The molecule has 7 heteroatoms. The van der Waals surface area contributed by atoms with Gasteiger partial charge in [-0.15, -0.1) is 0 Å². The van der Waals surface area contributed by atoms with Gasteiger partial charge in [0.15, 0.2) is 6.10 Å². The molecule has 0 spiro atoms. The van der Waals surface area contributed by atoms with E-state index >= 15 is 0 Å². The molecule has 0 saturated carbocycles. The van der Waals surface area contributed by atoms with Gasteiger partial charge in [-0.1, -0.05) is 0 Å². The van der Waals surface area contributed by atoms with E-state index in [9.17, 15) is 14.0 Å². The first-order valence-corrected chi connectivity index (χ1v) is 7.90. The summed E-state index contributed by atoms with van der Waals surface area (Å²) in [5, 5.41) is 0.819. The monoisotopic (exact) mass is 334 g/mol. The van der Waals surface area contributed by atoms with Crippen molar-refractivity contribution < 1.29 is 23.5 Å². The number of carbonyl (C=O) groups excluding carboxylic acids is 2. The Morgan fingerprint density at radius 2 is 2.29 bits per heavy atom. The summed E-state index contributed by atoms with van der Waals surface area (Å²) in [6, 6.07) is 4.43. The molecule has 1 aromatic carbocycles. The van der Waals surface area contributed by atoms with Crippen molar-refractivity contribution in [3.05, 3.63) is 35.8 Å². The molecule has 1 saturated heterocycles. The maximum Gasteiger partial charge on any atom is 0.337 e. The Bertz CT molecular complexity index is 758. The van der Waals surface area contributed by atoms with E-state index in [1.54, 1.807) is 24.1 Å². The first-order valence-electron chi connectivity index (χ1n) is 7.90. The van der Waals surface area contributed by atoms with Crippen LogP contribution in [-0.2, 0) is 25.5 Å². The smallest absolute Gasteiger partial charge is 0.337 e. The van der Waals surface area contributed by atoms with Crippen molar-refractivity contribution in [2.24, 2.45) is 0 Å². The van der Waals surface area contributed by atoms with Crippen LogP contribution in [-0.4, -0.2) is 54.2 Å². The van der Waals surface area contributed by atoms with Crippen LogP contribution in [0, 0.1) is 5.82 Å². The van der Waals surface area contributed by atoms with Crippen LogP contribution in [0.2, 0.25) is 0 Å². The molecular weight excluding hydrogens is 315 g/mol. The van der Waals surface area contributed by atoms with Gasteiger partial charge < -0.3 is 19.4 Å². The summed E-state index contributed by atoms with van der Waals surface area (Å²) >= 11 is 0. The van der Waals surface area contributed by atoms with Gasteiger partial charge in [0.1, 0.15) is 5.82 Å². The normalized spacial score (nSPS) is 17.9. The second kappa shape index (κ2) is 7.00. The molecule has 1 aliphatic rings. The third-order valence-corrected chi connectivity index (χ3v) is 4.04. The van der Waals surface area contributed by atoms with Gasteiger partial charge in [-0.05, 0) is 30.7 Å². The summed E-state index contributed by atoms with van der Waals surface area (Å²) in [5.41, 5.74) is 1.46. The zero-order valence-corrected chi connectivity index (χ0v) is 13.4. The molecule has 1 amide bonds. The predicted octanol–water partition coefficient (Wildman–Crippen LogP) is 1.64. The van der Waals surface area contributed by atoms with E-state index in [-0.39, 0.29) is 31.3 Å². The van der Waals surface area contributed by atoms with Gasteiger partial charge in [0.05, 0.1) is 26.2 Å². The molecule has 1 aromatic heterocycles. The molecule has 1 N–H and O–H groups in total. The van der Waals surface area contributed by atoms with E-state index < -0.39 is 12.1 Å². The number of aromatic nitrogens is 1. The lowest BCUT2D eigenvalue weighted by Gasteiger charge is -2.31. The largest absolute Gasteiger partial charge is 0.464 e. The minimum atomic E-state index is -0.736. The maximum atomic E-state index is 13.2. The summed E-state index contributed by atoms with van der Waals surface area (Å²) in [6.07, 6.45) is 1.16. The number of nitrogens with one attached hydrogen (secondary N) is 1. The van der Waals surface area contributed by atoms with Crippen LogP contribution >= 0.6 is 0 Å². The molecule has 3 rings (SSSR count). The number of fused-ring (bicyclic) bond motifs is 1. The van der Waals surface area contributed by atoms with E-state index in [1.165, 1.54) is 12.1 Å². The number of H-pyrrole nitrogens is 1. The number of esters is 1. The summed E-state index contributed by atoms with van der Waals surface area (Å²) in [6.45, 7) is 2.93. The highest BCUT2D eigenvalue weighted by molar-refractivity contribution is 5.89. The standard InChI is InChI=1S/C17H19FN2O4/c1-2-23-17(22)15-10-20(5-6-24-15)16(21)7-11-9-19-14-8-12(18)3-4-13(11)14/h3-4,8-9,15,19H,2,5-7,10H2,1H3/t15-/m0/s1.